The third kappa shape index (κ3) is 1.98. The predicted octanol–water partition coefficient (Wildman–Crippen LogP) is 0.991. The van der Waals surface area contributed by atoms with Crippen LogP contribution in [0.5, 0.6) is 0 Å². The first-order valence-electron chi connectivity index (χ1n) is 6.06. The number of rotatable bonds is 2. The molecule has 2 aliphatic heterocycles. The number of aldehydes is 1. The Bertz CT molecular complexity index is 279. The van der Waals surface area contributed by atoms with E-state index in [1.165, 1.54) is 13.5 Å². The minimum atomic E-state index is -0.142. The molecule has 90 valence electrons. The number of methoxy groups -OCH3 is 1. The molecule has 0 aromatic carbocycles. The Balaban J connectivity index is 2.13. The van der Waals surface area contributed by atoms with Crippen LogP contribution in [0.1, 0.15) is 32.1 Å². The predicted molar refractivity (Wildman–Crippen MR) is 58.9 cm³/mol. The van der Waals surface area contributed by atoms with E-state index < -0.39 is 0 Å². The van der Waals surface area contributed by atoms with E-state index in [9.17, 15) is 9.59 Å². The smallest absolute Gasteiger partial charge is 0.323 e. The lowest BCUT2D eigenvalue weighted by Gasteiger charge is -2.46. The van der Waals surface area contributed by atoms with Gasteiger partial charge in [0.1, 0.15) is 12.3 Å². The molecule has 4 heteroatoms. The van der Waals surface area contributed by atoms with Crippen LogP contribution in [0.25, 0.3) is 0 Å². The molecule has 0 N–H and O–H groups in total. The normalized spacial score (nSPS) is 35.2. The molecule has 3 atom stereocenters. The third-order valence-corrected chi connectivity index (χ3v) is 3.91. The zero-order valence-electron chi connectivity index (χ0n) is 9.72. The molecule has 2 heterocycles. The van der Waals surface area contributed by atoms with Gasteiger partial charge < -0.3 is 9.53 Å². The van der Waals surface area contributed by atoms with Crippen LogP contribution >= 0.6 is 0 Å². The molecule has 16 heavy (non-hydrogen) atoms. The average molecular weight is 225 g/mol. The maximum Gasteiger partial charge on any atom is 0.323 e. The molecular weight excluding hydrogens is 206 g/mol. The molecule has 2 rings (SSSR count). The van der Waals surface area contributed by atoms with Gasteiger partial charge in [-0.2, -0.15) is 0 Å². The van der Waals surface area contributed by atoms with Gasteiger partial charge in [0.15, 0.2) is 0 Å². The first-order valence-corrected chi connectivity index (χ1v) is 6.06. The van der Waals surface area contributed by atoms with Crippen molar-refractivity contribution < 1.29 is 14.3 Å². The molecule has 4 nitrogen and oxygen atoms in total. The molecule has 0 spiro atoms. The Morgan fingerprint density at radius 3 is 2.81 bits per heavy atom. The van der Waals surface area contributed by atoms with Gasteiger partial charge in [0, 0.05) is 12.0 Å². The summed E-state index contributed by atoms with van der Waals surface area (Å²) in [5, 5.41) is 0. The molecule has 0 amide bonds. The molecule has 0 radical (unpaired) electrons. The van der Waals surface area contributed by atoms with E-state index in [2.05, 4.69) is 4.90 Å². The summed E-state index contributed by atoms with van der Waals surface area (Å²) in [5.74, 6) is -0.0301. The second kappa shape index (κ2) is 4.95. The number of fused-ring (bicyclic) bond motifs is 1. The Labute approximate surface area is 95.9 Å². The van der Waals surface area contributed by atoms with Crippen molar-refractivity contribution in [2.24, 2.45) is 5.92 Å². The van der Waals surface area contributed by atoms with Gasteiger partial charge in [-0.15, -0.1) is 0 Å². The zero-order valence-corrected chi connectivity index (χ0v) is 9.72. The Morgan fingerprint density at radius 1 is 1.31 bits per heavy atom. The highest BCUT2D eigenvalue weighted by atomic mass is 16.5. The lowest BCUT2D eigenvalue weighted by molar-refractivity contribution is -0.153. The van der Waals surface area contributed by atoms with Gasteiger partial charge in [-0.3, -0.25) is 9.69 Å². The number of hydrogen-bond acceptors (Lipinski definition) is 4. The van der Waals surface area contributed by atoms with Crippen LogP contribution in [-0.2, 0) is 14.3 Å². The van der Waals surface area contributed by atoms with Crippen molar-refractivity contribution in [3.8, 4) is 0 Å². The topological polar surface area (TPSA) is 46.6 Å². The number of carbonyl (C=O) groups excluding carboxylic acids is 2. The van der Waals surface area contributed by atoms with Crippen molar-refractivity contribution in [1.29, 1.82) is 0 Å². The first kappa shape index (κ1) is 11.6. The van der Waals surface area contributed by atoms with Gasteiger partial charge in [0.25, 0.3) is 0 Å². The van der Waals surface area contributed by atoms with Gasteiger partial charge in [0.2, 0.25) is 0 Å². The van der Waals surface area contributed by atoms with Crippen molar-refractivity contribution in [3.05, 3.63) is 0 Å². The maximum absolute atomic E-state index is 11.7. The summed E-state index contributed by atoms with van der Waals surface area (Å²) in [5.41, 5.74) is 0. The van der Waals surface area contributed by atoms with Crippen LogP contribution in [0.3, 0.4) is 0 Å². The van der Waals surface area contributed by atoms with Crippen LogP contribution in [-0.4, -0.2) is 42.9 Å². The van der Waals surface area contributed by atoms with E-state index in [0.29, 0.717) is 0 Å². The maximum atomic E-state index is 11.7. The van der Waals surface area contributed by atoms with Gasteiger partial charge in [0.05, 0.1) is 7.11 Å². The van der Waals surface area contributed by atoms with Crippen molar-refractivity contribution in [3.63, 3.8) is 0 Å². The molecule has 0 aromatic rings. The minimum absolute atomic E-state index is 0.112. The van der Waals surface area contributed by atoms with Crippen LogP contribution in [0, 0.1) is 5.92 Å². The Morgan fingerprint density at radius 2 is 2.12 bits per heavy atom. The molecule has 2 fully saturated rings. The Kier molecular flexibility index (Phi) is 3.59. The fraction of sp³-hybridized carbons (Fsp3) is 0.833. The lowest BCUT2D eigenvalue weighted by Crippen LogP contribution is -2.56. The molecule has 2 aliphatic rings. The highest BCUT2D eigenvalue weighted by molar-refractivity contribution is 5.76. The van der Waals surface area contributed by atoms with E-state index in [0.717, 1.165) is 38.5 Å². The van der Waals surface area contributed by atoms with Gasteiger partial charge >= 0.3 is 5.97 Å². The Hall–Kier alpha value is -0.900. The number of hydrogen-bond donors (Lipinski definition) is 0. The monoisotopic (exact) mass is 225 g/mol. The van der Waals surface area contributed by atoms with E-state index in [1.54, 1.807) is 0 Å². The number of carbonyl (C=O) groups is 2. The standard InChI is InChI=1S/C12H19NO3/c1-16-12(15)11-6-5-9(8-14)10-4-2-3-7-13(10)11/h8-11H,2-7H2,1H3/t9-,10-,11-/m0/s1. The highest BCUT2D eigenvalue weighted by Crippen LogP contribution is 2.33. The first-order chi connectivity index (χ1) is 7.77. The van der Waals surface area contributed by atoms with Crippen molar-refractivity contribution >= 4 is 12.3 Å². The average Bonchev–Trinajstić information content (AvgIpc) is 2.36. The van der Waals surface area contributed by atoms with Crippen molar-refractivity contribution in [1.82, 2.24) is 4.90 Å². The molecule has 0 bridgehead atoms. The van der Waals surface area contributed by atoms with Crippen LogP contribution in [0.4, 0.5) is 0 Å². The highest BCUT2D eigenvalue weighted by Gasteiger charge is 2.41. The minimum Gasteiger partial charge on any atom is -0.468 e. The summed E-state index contributed by atoms with van der Waals surface area (Å²) < 4.78 is 4.84. The van der Waals surface area contributed by atoms with E-state index in [1.807, 2.05) is 0 Å². The summed E-state index contributed by atoms with van der Waals surface area (Å²) >= 11 is 0. The van der Waals surface area contributed by atoms with E-state index in [4.69, 9.17) is 4.74 Å². The lowest BCUT2D eigenvalue weighted by atomic mass is 9.81. The van der Waals surface area contributed by atoms with Crippen LogP contribution < -0.4 is 0 Å². The summed E-state index contributed by atoms with van der Waals surface area (Å²) in [6, 6.07) is 0.149. The van der Waals surface area contributed by atoms with Crippen LogP contribution in [0.2, 0.25) is 0 Å². The fourth-order valence-corrected chi connectivity index (χ4v) is 3.08. The second-order valence-electron chi connectivity index (χ2n) is 4.72. The third-order valence-electron chi connectivity index (χ3n) is 3.91. The molecule has 0 saturated carbocycles. The second-order valence-corrected chi connectivity index (χ2v) is 4.72. The van der Waals surface area contributed by atoms with Gasteiger partial charge in [-0.1, -0.05) is 6.42 Å². The zero-order chi connectivity index (χ0) is 11.5. The molecule has 0 aliphatic carbocycles. The molecule has 0 unspecified atom stereocenters. The van der Waals surface area contributed by atoms with Crippen LogP contribution in [0.15, 0.2) is 0 Å². The van der Waals surface area contributed by atoms with E-state index >= 15 is 0 Å². The quantitative estimate of drug-likeness (QED) is 0.519. The summed E-state index contributed by atoms with van der Waals surface area (Å²) in [4.78, 5) is 24.9. The van der Waals surface area contributed by atoms with E-state index in [-0.39, 0.29) is 24.0 Å². The summed E-state index contributed by atoms with van der Waals surface area (Å²) in [6.45, 7) is 0.925. The molecular formula is C12H19NO3. The largest absolute Gasteiger partial charge is 0.468 e. The summed E-state index contributed by atoms with van der Waals surface area (Å²) in [6.07, 6.45) is 5.97. The molecule has 2 saturated heterocycles. The number of piperidine rings is 2. The summed E-state index contributed by atoms with van der Waals surface area (Å²) in [7, 11) is 1.44. The van der Waals surface area contributed by atoms with Crippen molar-refractivity contribution in [2.75, 3.05) is 13.7 Å². The van der Waals surface area contributed by atoms with Gasteiger partial charge in [-0.05, 0) is 32.2 Å². The van der Waals surface area contributed by atoms with Gasteiger partial charge in [-0.25, -0.2) is 0 Å². The number of esters is 1. The fourth-order valence-electron chi connectivity index (χ4n) is 3.08. The SMILES string of the molecule is COC(=O)[C@@H]1CC[C@@H](C=O)[C@@H]2CCCCN12. The van der Waals surface area contributed by atoms with Crippen molar-refractivity contribution in [2.45, 2.75) is 44.2 Å². The number of ether oxygens (including phenoxy) is 1. The molecule has 0 aromatic heterocycles. The number of nitrogens with zero attached hydrogens (tertiary/aromatic N) is 1.